The third-order valence-corrected chi connectivity index (χ3v) is 5.13. The van der Waals surface area contributed by atoms with Gasteiger partial charge in [-0.1, -0.05) is 23.2 Å². The molecule has 1 unspecified atom stereocenters. The number of hydrogen-bond acceptors (Lipinski definition) is 4. The fourth-order valence-electron chi connectivity index (χ4n) is 2.89. The molecule has 1 saturated heterocycles. The Balaban J connectivity index is 1.42. The van der Waals surface area contributed by atoms with Gasteiger partial charge in [-0.05, 0) is 55.0 Å². The van der Waals surface area contributed by atoms with Crippen LogP contribution in [0.3, 0.4) is 0 Å². The monoisotopic (exact) mass is 423 g/mol. The van der Waals surface area contributed by atoms with E-state index < -0.39 is 0 Å². The van der Waals surface area contributed by atoms with E-state index >= 15 is 0 Å². The molecule has 0 saturated carbocycles. The molecular formula is C21H23Cl2NO4. The van der Waals surface area contributed by atoms with Crippen molar-refractivity contribution in [3.63, 3.8) is 0 Å². The summed E-state index contributed by atoms with van der Waals surface area (Å²) in [5.41, 5.74) is 0.959. The molecule has 28 heavy (non-hydrogen) atoms. The van der Waals surface area contributed by atoms with Crippen molar-refractivity contribution in [3.8, 4) is 11.5 Å². The molecule has 0 radical (unpaired) electrons. The number of ether oxygens (including phenoxy) is 3. The second-order valence-corrected chi connectivity index (χ2v) is 7.45. The minimum Gasteiger partial charge on any atom is -0.493 e. The first-order valence-electron chi connectivity index (χ1n) is 9.18. The summed E-state index contributed by atoms with van der Waals surface area (Å²) in [5, 5.41) is 1.36. The van der Waals surface area contributed by atoms with E-state index in [4.69, 9.17) is 37.4 Å². The molecule has 1 aliphatic heterocycles. The van der Waals surface area contributed by atoms with Gasteiger partial charge in [-0.15, -0.1) is 0 Å². The Morgan fingerprint density at radius 3 is 2.64 bits per heavy atom. The summed E-state index contributed by atoms with van der Waals surface area (Å²) in [4.78, 5) is 14.3. The van der Waals surface area contributed by atoms with Crippen LogP contribution in [-0.4, -0.2) is 49.8 Å². The number of nitrogens with zero attached hydrogens (tertiary/aromatic N) is 1. The van der Waals surface area contributed by atoms with E-state index in [1.165, 1.54) is 0 Å². The van der Waals surface area contributed by atoms with Gasteiger partial charge in [-0.3, -0.25) is 4.79 Å². The Hall–Kier alpha value is -1.95. The van der Waals surface area contributed by atoms with Gasteiger partial charge in [-0.25, -0.2) is 0 Å². The lowest BCUT2D eigenvalue weighted by Gasteiger charge is -2.33. The van der Waals surface area contributed by atoms with Crippen molar-refractivity contribution in [3.05, 3.63) is 58.1 Å². The van der Waals surface area contributed by atoms with Gasteiger partial charge < -0.3 is 19.1 Å². The first-order valence-corrected chi connectivity index (χ1v) is 9.93. The smallest absolute Gasteiger partial charge is 0.226 e. The van der Waals surface area contributed by atoms with E-state index in [9.17, 15) is 4.79 Å². The average molecular weight is 424 g/mol. The highest BCUT2D eigenvalue weighted by atomic mass is 35.5. The SMILES string of the molecule is Cc1cc(OCC2CN(C(=O)CCOc3ccc(Cl)cc3)CCO2)ccc1Cl. The summed E-state index contributed by atoms with van der Waals surface area (Å²) in [5.74, 6) is 1.48. The molecule has 1 amide bonds. The summed E-state index contributed by atoms with van der Waals surface area (Å²) < 4.78 is 17.1. The van der Waals surface area contributed by atoms with Crippen molar-refractivity contribution in [1.82, 2.24) is 4.90 Å². The van der Waals surface area contributed by atoms with Gasteiger partial charge in [0.1, 0.15) is 24.2 Å². The molecule has 1 heterocycles. The van der Waals surface area contributed by atoms with E-state index in [1.807, 2.05) is 25.1 Å². The summed E-state index contributed by atoms with van der Waals surface area (Å²) in [6.07, 6.45) is 0.151. The van der Waals surface area contributed by atoms with E-state index in [0.29, 0.717) is 55.1 Å². The largest absolute Gasteiger partial charge is 0.493 e. The molecule has 0 aromatic heterocycles. The maximum atomic E-state index is 12.5. The molecule has 0 bridgehead atoms. The Labute approximate surface area is 175 Å². The second kappa shape index (κ2) is 10.0. The van der Waals surface area contributed by atoms with Gasteiger partial charge in [-0.2, -0.15) is 0 Å². The van der Waals surface area contributed by atoms with Crippen molar-refractivity contribution < 1.29 is 19.0 Å². The number of aryl methyl sites for hydroxylation is 1. The zero-order chi connectivity index (χ0) is 19.9. The molecule has 2 aromatic carbocycles. The molecule has 0 aliphatic carbocycles. The predicted molar refractivity (Wildman–Crippen MR) is 110 cm³/mol. The van der Waals surface area contributed by atoms with E-state index in [-0.39, 0.29) is 12.0 Å². The quantitative estimate of drug-likeness (QED) is 0.662. The highest BCUT2D eigenvalue weighted by Gasteiger charge is 2.24. The highest BCUT2D eigenvalue weighted by Crippen LogP contribution is 2.21. The van der Waals surface area contributed by atoms with E-state index in [2.05, 4.69) is 0 Å². The molecule has 0 spiro atoms. The van der Waals surface area contributed by atoms with Gasteiger partial charge in [0.15, 0.2) is 0 Å². The van der Waals surface area contributed by atoms with Gasteiger partial charge in [0.2, 0.25) is 5.91 Å². The zero-order valence-electron chi connectivity index (χ0n) is 15.7. The molecule has 7 heteroatoms. The van der Waals surface area contributed by atoms with Crippen molar-refractivity contribution in [2.45, 2.75) is 19.4 Å². The number of rotatable bonds is 7. The van der Waals surface area contributed by atoms with Crippen LogP contribution in [0, 0.1) is 6.92 Å². The summed E-state index contributed by atoms with van der Waals surface area (Å²) in [6, 6.07) is 12.6. The third kappa shape index (κ3) is 6.03. The van der Waals surface area contributed by atoms with Crippen LogP contribution in [-0.2, 0) is 9.53 Å². The van der Waals surface area contributed by atoms with Crippen LogP contribution >= 0.6 is 23.2 Å². The normalized spacial score (nSPS) is 16.7. The maximum Gasteiger partial charge on any atom is 0.226 e. The molecule has 3 rings (SSSR count). The molecule has 150 valence electrons. The van der Waals surface area contributed by atoms with Gasteiger partial charge >= 0.3 is 0 Å². The summed E-state index contributed by atoms with van der Waals surface area (Å²) in [7, 11) is 0. The molecule has 2 aromatic rings. The summed E-state index contributed by atoms with van der Waals surface area (Å²) >= 11 is 11.9. The van der Waals surface area contributed by atoms with Crippen LogP contribution in [0.1, 0.15) is 12.0 Å². The van der Waals surface area contributed by atoms with Crippen LogP contribution < -0.4 is 9.47 Å². The number of halogens is 2. The van der Waals surface area contributed by atoms with Crippen molar-refractivity contribution in [2.75, 3.05) is 32.9 Å². The number of benzene rings is 2. The lowest BCUT2D eigenvalue weighted by atomic mass is 10.2. The first kappa shape index (κ1) is 20.8. The highest BCUT2D eigenvalue weighted by molar-refractivity contribution is 6.31. The Kier molecular flexibility index (Phi) is 7.43. The van der Waals surface area contributed by atoms with Crippen LogP contribution in [0.25, 0.3) is 0 Å². The predicted octanol–water partition coefficient (Wildman–Crippen LogP) is 4.38. The second-order valence-electron chi connectivity index (χ2n) is 6.61. The Morgan fingerprint density at radius 1 is 1.14 bits per heavy atom. The molecule has 1 atom stereocenters. The minimum atomic E-state index is -0.161. The third-order valence-electron chi connectivity index (χ3n) is 4.46. The van der Waals surface area contributed by atoms with Crippen molar-refractivity contribution in [2.24, 2.45) is 0 Å². The van der Waals surface area contributed by atoms with Crippen LogP contribution in [0.4, 0.5) is 0 Å². The van der Waals surface area contributed by atoms with Crippen LogP contribution in [0.15, 0.2) is 42.5 Å². The molecule has 1 fully saturated rings. The number of amides is 1. The summed E-state index contributed by atoms with van der Waals surface area (Å²) in [6.45, 7) is 4.22. The fourth-order valence-corrected chi connectivity index (χ4v) is 3.13. The van der Waals surface area contributed by atoms with E-state index in [1.54, 1.807) is 29.2 Å². The number of carbonyl (C=O) groups excluding carboxylic acids is 1. The number of morpholine rings is 1. The topological polar surface area (TPSA) is 48.0 Å². The average Bonchev–Trinajstić information content (AvgIpc) is 2.70. The fraction of sp³-hybridized carbons (Fsp3) is 0.381. The van der Waals surface area contributed by atoms with Gasteiger partial charge in [0.05, 0.1) is 26.2 Å². The first-order chi connectivity index (χ1) is 13.5. The van der Waals surface area contributed by atoms with Crippen molar-refractivity contribution >= 4 is 29.1 Å². The maximum absolute atomic E-state index is 12.5. The molecule has 5 nitrogen and oxygen atoms in total. The zero-order valence-corrected chi connectivity index (χ0v) is 17.2. The van der Waals surface area contributed by atoms with Crippen LogP contribution in [0.2, 0.25) is 10.0 Å². The minimum absolute atomic E-state index is 0.0459. The molecule has 0 N–H and O–H groups in total. The van der Waals surface area contributed by atoms with Gasteiger partial charge in [0, 0.05) is 16.6 Å². The van der Waals surface area contributed by atoms with Crippen molar-refractivity contribution in [1.29, 1.82) is 0 Å². The Morgan fingerprint density at radius 2 is 1.89 bits per heavy atom. The number of carbonyl (C=O) groups is 1. The van der Waals surface area contributed by atoms with E-state index in [0.717, 1.165) is 11.3 Å². The molecule has 1 aliphatic rings. The standard InChI is InChI=1S/C21H23Cl2NO4/c1-15-12-18(6-7-20(15)23)28-14-19-13-24(9-11-27-19)21(25)8-10-26-17-4-2-16(22)3-5-17/h2-7,12,19H,8-11,13-14H2,1H3. The van der Waals surface area contributed by atoms with Gasteiger partial charge in [0.25, 0.3) is 0 Å². The lowest BCUT2D eigenvalue weighted by molar-refractivity contribution is -0.140. The lowest BCUT2D eigenvalue weighted by Crippen LogP contribution is -2.47. The van der Waals surface area contributed by atoms with Crippen LogP contribution in [0.5, 0.6) is 11.5 Å². The number of hydrogen-bond donors (Lipinski definition) is 0. The Bertz CT molecular complexity index is 797. The molecular weight excluding hydrogens is 401 g/mol.